The van der Waals surface area contributed by atoms with Crippen LogP contribution in [-0.2, 0) is 13.6 Å². The Kier molecular flexibility index (Phi) is 5.11. The van der Waals surface area contributed by atoms with Gasteiger partial charge in [-0.3, -0.25) is 4.90 Å². The van der Waals surface area contributed by atoms with Crippen molar-refractivity contribution in [3.63, 3.8) is 0 Å². The van der Waals surface area contributed by atoms with Crippen molar-refractivity contribution < 1.29 is 4.74 Å². The van der Waals surface area contributed by atoms with Crippen molar-refractivity contribution in [2.24, 2.45) is 7.05 Å². The highest BCUT2D eigenvalue weighted by Crippen LogP contribution is 2.24. The molecule has 0 aliphatic rings. The number of rotatable bonds is 6. The largest absolute Gasteiger partial charge is 0.493 e. The molecule has 0 spiro atoms. The van der Waals surface area contributed by atoms with Crippen molar-refractivity contribution in [2.75, 3.05) is 25.5 Å². The van der Waals surface area contributed by atoms with Crippen LogP contribution in [-0.4, -0.2) is 35.0 Å². The average Bonchev–Trinajstić information content (AvgIpc) is 2.73. The normalized spacial score (nSPS) is 10.9. The van der Waals surface area contributed by atoms with Crippen LogP contribution in [0.1, 0.15) is 5.69 Å². The highest BCUT2D eigenvalue weighted by molar-refractivity contribution is 9.09. The van der Waals surface area contributed by atoms with E-state index in [-0.39, 0.29) is 0 Å². The molecule has 0 radical (unpaired) electrons. The third kappa shape index (κ3) is 3.36. The molecule has 0 fully saturated rings. The van der Waals surface area contributed by atoms with Gasteiger partial charge in [0.1, 0.15) is 5.75 Å². The second-order valence-electron chi connectivity index (χ2n) is 4.83. The van der Waals surface area contributed by atoms with Crippen LogP contribution in [0.25, 0.3) is 10.9 Å². The molecule has 0 atom stereocenters. The van der Waals surface area contributed by atoms with Crippen molar-refractivity contribution in [1.29, 1.82) is 0 Å². The van der Waals surface area contributed by atoms with E-state index in [9.17, 15) is 0 Å². The first-order valence-corrected chi connectivity index (χ1v) is 7.67. The lowest BCUT2D eigenvalue weighted by atomic mass is 10.2. The Morgan fingerprint density at radius 3 is 2.90 bits per heavy atom. The van der Waals surface area contributed by atoms with Gasteiger partial charge in [-0.25, -0.2) is 0 Å². The summed E-state index contributed by atoms with van der Waals surface area (Å²) in [7, 11) is 4.11. The van der Waals surface area contributed by atoms with Crippen molar-refractivity contribution in [3.8, 4) is 18.1 Å². The number of halogens is 1. The summed E-state index contributed by atoms with van der Waals surface area (Å²) in [6.45, 7) is 2.17. The molecule has 2 rings (SSSR count). The van der Waals surface area contributed by atoms with E-state index >= 15 is 0 Å². The highest BCUT2D eigenvalue weighted by atomic mass is 79.9. The number of ether oxygens (including phenoxy) is 1. The van der Waals surface area contributed by atoms with E-state index in [0.717, 1.165) is 17.6 Å². The number of terminal acetylenes is 1. The second kappa shape index (κ2) is 6.83. The number of hydrogen-bond acceptors (Lipinski definition) is 2. The Morgan fingerprint density at radius 2 is 2.20 bits per heavy atom. The molecular formula is C16H19BrN2O. The molecule has 4 heteroatoms. The van der Waals surface area contributed by atoms with Gasteiger partial charge in [-0.2, -0.15) is 0 Å². The van der Waals surface area contributed by atoms with Crippen LogP contribution in [0.4, 0.5) is 0 Å². The number of alkyl halides is 1. The minimum absolute atomic E-state index is 0.654. The summed E-state index contributed by atoms with van der Waals surface area (Å²) in [5.74, 6) is 3.57. The van der Waals surface area contributed by atoms with Crippen LogP contribution in [0, 0.1) is 12.3 Å². The molecule has 106 valence electrons. The van der Waals surface area contributed by atoms with Gasteiger partial charge in [-0.05, 0) is 31.3 Å². The summed E-state index contributed by atoms with van der Waals surface area (Å²) in [6, 6.07) is 8.40. The van der Waals surface area contributed by atoms with Crippen LogP contribution >= 0.6 is 15.9 Å². The monoisotopic (exact) mass is 334 g/mol. The summed E-state index contributed by atoms with van der Waals surface area (Å²) in [5, 5.41) is 2.03. The number of aromatic nitrogens is 1. The summed E-state index contributed by atoms with van der Waals surface area (Å²) < 4.78 is 7.84. The zero-order valence-corrected chi connectivity index (χ0v) is 13.5. The van der Waals surface area contributed by atoms with E-state index in [4.69, 9.17) is 11.2 Å². The number of nitrogens with zero attached hydrogens (tertiary/aromatic N) is 2. The molecule has 0 bridgehead atoms. The number of aryl methyl sites for hydroxylation is 1. The maximum atomic E-state index is 5.64. The van der Waals surface area contributed by atoms with Gasteiger partial charge in [0.25, 0.3) is 0 Å². The predicted molar refractivity (Wildman–Crippen MR) is 87.4 cm³/mol. The first-order chi connectivity index (χ1) is 9.65. The SMILES string of the molecule is C#CCN(C)Cc1cc2cc(OCCBr)ccc2n1C. The van der Waals surface area contributed by atoms with Gasteiger partial charge >= 0.3 is 0 Å². The molecule has 0 saturated heterocycles. The second-order valence-corrected chi connectivity index (χ2v) is 5.62. The van der Waals surface area contributed by atoms with Crippen LogP contribution in [0.2, 0.25) is 0 Å². The first kappa shape index (κ1) is 15.0. The number of benzene rings is 1. The molecule has 3 nitrogen and oxygen atoms in total. The fraction of sp³-hybridized carbons (Fsp3) is 0.375. The first-order valence-electron chi connectivity index (χ1n) is 6.55. The topological polar surface area (TPSA) is 17.4 Å². The van der Waals surface area contributed by atoms with Gasteiger partial charge in [0.05, 0.1) is 13.2 Å². The smallest absolute Gasteiger partial charge is 0.120 e. The van der Waals surface area contributed by atoms with E-state index in [1.165, 1.54) is 16.6 Å². The standard InChI is InChI=1S/C16H19BrN2O/c1-4-8-18(2)12-14-10-13-11-15(20-9-7-17)5-6-16(13)19(14)3/h1,5-6,10-11H,7-9,12H2,2-3H3. The van der Waals surface area contributed by atoms with E-state index in [1.54, 1.807) is 0 Å². The average molecular weight is 335 g/mol. The zero-order valence-electron chi connectivity index (χ0n) is 11.9. The molecule has 1 heterocycles. The molecular weight excluding hydrogens is 316 g/mol. The number of fused-ring (bicyclic) bond motifs is 1. The Bertz CT molecular complexity index is 627. The molecule has 0 amide bonds. The molecule has 0 aliphatic heterocycles. The Balaban J connectivity index is 2.25. The minimum Gasteiger partial charge on any atom is -0.493 e. The third-order valence-corrected chi connectivity index (χ3v) is 3.58. The molecule has 0 N–H and O–H groups in total. The molecule has 1 aromatic heterocycles. The van der Waals surface area contributed by atoms with Crippen LogP contribution in [0.5, 0.6) is 5.75 Å². The summed E-state index contributed by atoms with van der Waals surface area (Å²) in [4.78, 5) is 2.12. The summed E-state index contributed by atoms with van der Waals surface area (Å²) in [5.41, 5.74) is 2.45. The molecule has 0 saturated carbocycles. The third-order valence-electron chi connectivity index (χ3n) is 3.25. The molecule has 0 unspecified atom stereocenters. The van der Waals surface area contributed by atoms with E-state index in [1.807, 2.05) is 13.1 Å². The fourth-order valence-electron chi connectivity index (χ4n) is 2.27. The summed E-state index contributed by atoms with van der Waals surface area (Å²) in [6.07, 6.45) is 5.34. The van der Waals surface area contributed by atoms with Crippen LogP contribution in [0.3, 0.4) is 0 Å². The Labute approximate surface area is 128 Å². The summed E-state index contributed by atoms with van der Waals surface area (Å²) >= 11 is 3.36. The van der Waals surface area contributed by atoms with Gasteiger partial charge in [0.2, 0.25) is 0 Å². The lowest BCUT2D eigenvalue weighted by Crippen LogP contribution is -2.19. The Hall–Kier alpha value is -1.44. The van der Waals surface area contributed by atoms with Crippen molar-refractivity contribution >= 4 is 26.8 Å². The van der Waals surface area contributed by atoms with Crippen molar-refractivity contribution in [1.82, 2.24) is 9.47 Å². The zero-order chi connectivity index (χ0) is 14.5. The van der Waals surface area contributed by atoms with Crippen LogP contribution in [0.15, 0.2) is 24.3 Å². The van der Waals surface area contributed by atoms with Crippen molar-refractivity contribution in [3.05, 3.63) is 30.0 Å². The maximum absolute atomic E-state index is 5.64. The van der Waals surface area contributed by atoms with Gasteiger partial charge in [0.15, 0.2) is 0 Å². The lowest BCUT2D eigenvalue weighted by Gasteiger charge is -2.13. The Morgan fingerprint density at radius 1 is 1.40 bits per heavy atom. The van der Waals surface area contributed by atoms with E-state index < -0.39 is 0 Å². The molecule has 0 aliphatic carbocycles. The van der Waals surface area contributed by atoms with Crippen molar-refractivity contribution in [2.45, 2.75) is 6.54 Å². The maximum Gasteiger partial charge on any atom is 0.120 e. The van der Waals surface area contributed by atoms with Gasteiger partial charge in [-0.1, -0.05) is 21.9 Å². The lowest BCUT2D eigenvalue weighted by molar-refractivity contribution is 0.345. The minimum atomic E-state index is 0.654. The predicted octanol–water partition coefficient (Wildman–Crippen LogP) is 3.02. The van der Waals surface area contributed by atoms with Crippen LogP contribution < -0.4 is 4.74 Å². The molecule has 20 heavy (non-hydrogen) atoms. The fourth-order valence-corrected chi connectivity index (χ4v) is 2.43. The van der Waals surface area contributed by atoms with Gasteiger partial charge in [0, 0.05) is 35.5 Å². The van der Waals surface area contributed by atoms with Gasteiger partial charge < -0.3 is 9.30 Å². The number of hydrogen-bond donors (Lipinski definition) is 0. The van der Waals surface area contributed by atoms with Gasteiger partial charge in [-0.15, -0.1) is 6.42 Å². The van der Waals surface area contributed by atoms with E-state index in [2.05, 4.69) is 56.6 Å². The quantitative estimate of drug-likeness (QED) is 0.596. The van der Waals surface area contributed by atoms with E-state index in [0.29, 0.717) is 13.2 Å². The molecule has 2 aromatic rings. The highest BCUT2D eigenvalue weighted by Gasteiger charge is 2.08. The molecule has 1 aromatic carbocycles.